The lowest BCUT2D eigenvalue weighted by Gasteiger charge is -2.13. The van der Waals surface area contributed by atoms with Crippen LogP contribution in [0.2, 0.25) is 0 Å². The summed E-state index contributed by atoms with van der Waals surface area (Å²) < 4.78 is 0. The van der Waals surface area contributed by atoms with Gasteiger partial charge in [0.2, 0.25) is 0 Å². The van der Waals surface area contributed by atoms with Crippen molar-refractivity contribution < 1.29 is 0 Å². The maximum atomic E-state index is 2.30. The van der Waals surface area contributed by atoms with Gasteiger partial charge in [-0.05, 0) is 40.8 Å². The van der Waals surface area contributed by atoms with Crippen LogP contribution in [0.1, 0.15) is 11.1 Å². The standard InChI is InChI=1S/C15H15N/c1-16(2)13-7-8-15-12(10-13)9-11-5-3-4-6-14(11)15/h3-8,10H,9H2,1-2H3. The highest BCUT2D eigenvalue weighted by atomic mass is 15.1. The molecule has 0 amide bonds. The summed E-state index contributed by atoms with van der Waals surface area (Å²) in [7, 11) is 4.17. The SMILES string of the molecule is CN(C)c1ccc2c(c1)Cc1ccccc1-2. The van der Waals surface area contributed by atoms with Gasteiger partial charge >= 0.3 is 0 Å². The topological polar surface area (TPSA) is 3.24 Å². The van der Waals surface area contributed by atoms with Crippen molar-refractivity contribution in [2.75, 3.05) is 19.0 Å². The van der Waals surface area contributed by atoms with Crippen LogP contribution < -0.4 is 4.90 Å². The van der Waals surface area contributed by atoms with Gasteiger partial charge in [-0.1, -0.05) is 30.3 Å². The summed E-state index contributed by atoms with van der Waals surface area (Å²) in [6.45, 7) is 0. The zero-order valence-electron chi connectivity index (χ0n) is 9.70. The van der Waals surface area contributed by atoms with Gasteiger partial charge in [0.15, 0.2) is 0 Å². The van der Waals surface area contributed by atoms with E-state index in [0.717, 1.165) is 6.42 Å². The van der Waals surface area contributed by atoms with Crippen molar-refractivity contribution >= 4 is 5.69 Å². The van der Waals surface area contributed by atoms with E-state index in [2.05, 4.69) is 61.5 Å². The average molecular weight is 209 g/mol. The molecule has 0 spiro atoms. The summed E-state index contributed by atoms with van der Waals surface area (Å²) in [6, 6.07) is 15.4. The molecule has 0 radical (unpaired) electrons. The Balaban J connectivity index is 2.14. The molecule has 0 bridgehead atoms. The highest BCUT2D eigenvalue weighted by molar-refractivity contribution is 5.78. The first-order valence-corrected chi connectivity index (χ1v) is 5.64. The van der Waals surface area contributed by atoms with Crippen molar-refractivity contribution in [1.82, 2.24) is 0 Å². The zero-order chi connectivity index (χ0) is 11.1. The molecule has 0 N–H and O–H groups in total. The fourth-order valence-corrected chi connectivity index (χ4v) is 2.41. The monoisotopic (exact) mass is 209 g/mol. The molecule has 0 unspecified atom stereocenters. The van der Waals surface area contributed by atoms with Gasteiger partial charge in [-0.15, -0.1) is 0 Å². The van der Waals surface area contributed by atoms with Crippen molar-refractivity contribution in [3.8, 4) is 11.1 Å². The number of rotatable bonds is 1. The molecule has 1 aliphatic carbocycles. The molecule has 1 aliphatic rings. The molecule has 80 valence electrons. The van der Waals surface area contributed by atoms with E-state index in [1.54, 1.807) is 0 Å². The minimum atomic E-state index is 1.08. The van der Waals surface area contributed by atoms with E-state index in [1.807, 2.05) is 0 Å². The van der Waals surface area contributed by atoms with Gasteiger partial charge in [-0.3, -0.25) is 0 Å². The number of hydrogen-bond acceptors (Lipinski definition) is 1. The van der Waals surface area contributed by atoms with Gasteiger partial charge in [0.25, 0.3) is 0 Å². The summed E-state index contributed by atoms with van der Waals surface area (Å²) in [4.78, 5) is 2.16. The summed E-state index contributed by atoms with van der Waals surface area (Å²) in [5, 5.41) is 0. The third kappa shape index (κ3) is 1.32. The molecule has 1 nitrogen and oxygen atoms in total. The molecule has 2 aromatic carbocycles. The molecule has 0 fully saturated rings. The molecule has 2 aromatic rings. The Bertz CT molecular complexity index is 541. The van der Waals surface area contributed by atoms with Crippen LogP contribution in [-0.2, 0) is 6.42 Å². The average Bonchev–Trinajstić information content (AvgIpc) is 2.66. The van der Waals surface area contributed by atoms with E-state index in [1.165, 1.54) is 27.9 Å². The van der Waals surface area contributed by atoms with Crippen LogP contribution in [0.15, 0.2) is 42.5 Å². The molecule has 0 saturated carbocycles. The second kappa shape index (κ2) is 3.38. The van der Waals surface area contributed by atoms with Crippen LogP contribution in [-0.4, -0.2) is 14.1 Å². The lowest BCUT2D eigenvalue weighted by Crippen LogP contribution is -2.08. The first-order chi connectivity index (χ1) is 7.75. The van der Waals surface area contributed by atoms with E-state index < -0.39 is 0 Å². The van der Waals surface area contributed by atoms with Gasteiger partial charge < -0.3 is 4.90 Å². The van der Waals surface area contributed by atoms with E-state index in [4.69, 9.17) is 0 Å². The summed E-state index contributed by atoms with van der Waals surface area (Å²) in [6.07, 6.45) is 1.08. The Morgan fingerprint density at radius 2 is 1.62 bits per heavy atom. The molecule has 0 aliphatic heterocycles. The number of fused-ring (bicyclic) bond motifs is 3. The van der Waals surface area contributed by atoms with Crippen LogP contribution >= 0.6 is 0 Å². The van der Waals surface area contributed by atoms with Gasteiger partial charge in [0, 0.05) is 19.8 Å². The van der Waals surface area contributed by atoms with E-state index >= 15 is 0 Å². The molecule has 16 heavy (non-hydrogen) atoms. The molecule has 1 heteroatoms. The number of anilines is 1. The number of hydrogen-bond donors (Lipinski definition) is 0. The molecule has 0 heterocycles. The Hall–Kier alpha value is -1.76. The second-order valence-corrected chi connectivity index (χ2v) is 4.57. The second-order valence-electron chi connectivity index (χ2n) is 4.57. The fourth-order valence-electron chi connectivity index (χ4n) is 2.41. The summed E-state index contributed by atoms with van der Waals surface area (Å²) >= 11 is 0. The minimum Gasteiger partial charge on any atom is -0.378 e. The zero-order valence-corrected chi connectivity index (χ0v) is 9.70. The van der Waals surface area contributed by atoms with Crippen LogP contribution in [0.3, 0.4) is 0 Å². The van der Waals surface area contributed by atoms with E-state index in [-0.39, 0.29) is 0 Å². The lowest BCUT2D eigenvalue weighted by atomic mass is 10.1. The third-order valence-electron chi connectivity index (χ3n) is 3.29. The number of nitrogens with zero attached hydrogens (tertiary/aromatic N) is 1. The predicted molar refractivity (Wildman–Crippen MR) is 69.0 cm³/mol. The molecular formula is C15H15N. The smallest absolute Gasteiger partial charge is 0.0364 e. The summed E-state index contributed by atoms with van der Waals surface area (Å²) in [5.41, 5.74) is 7.00. The largest absolute Gasteiger partial charge is 0.378 e. The third-order valence-corrected chi connectivity index (χ3v) is 3.29. The van der Waals surface area contributed by atoms with Crippen LogP contribution in [0, 0.1) is 0 Å². The lowest BCUT2D eigenvalue weighted by molar-refractivity contribution is 1.12. The quantitative estimate of drug-likeness (QED) is 0.594. The predicted octanol–water partition coefficient (Wildman–Crippen LogP) is 3.32. The van der Waals surface area contributed by atoms with Gasteiger partial charge in [-0.25, -0.2) is 0 Å². The van der Waals surface area contributed by atoms with E-state index in [0.29, 0.717) is 0 Å². The summed E-state index contributed by atoms with van der Waals surface area (Å²) in [5.74, 6) is 0. The normalized spacial score (nSPS) is 12.1. The Kier molecular flexibility index (Phi) is 2.00. The Morgan fingerprint density at radius 1 is 0.875 bits per heavy atom. The highest BCUT2D eigenvalue weighted by Crippen LogP contribution is 2.37. The molecule has 0 saturated heterocycles. The Labute approximate surface area is 96.3 Å². The van der Waals surface area contributed by atoms with Crippen molar-refractivity contribution in [2.24, 2.45) is 0 Å². The first-order valence-electron chi connectivity index (χ1n) is 5.64. The van der Waals surface area contributed by atoms with E-state index in [9.17, 15) is 0 Å². The maximum Gasteiger partial charge on any atom is 0.0364 e. The molecular weight excluding hydrogens is 194 g/mol. The highest BCUT2D eigenvalue weighted by Gasteiger charge is 2.17. The van der Waals surface area contributed by atoms with Crippen LogP contribution in [0.4, 0.5) is 5.69 Å². The molecule has 0 aromatic heterocycles. The van der Waals surface area contributed by atoms with Gasteiger partial charge in [-0.2, -0.15) is 0 Å². The van der Waals surface area contributed by atoms with Crippen molar-refractivity contribution in [3.05, 3.63) is 53.6 Å². The van der Waals surface area contributed by atoms with Crippen molar-refractivity contribution in [2.45, 2.75) is 6.42 Å². The fraction of sp³-hybridized carbons (Fsp3) is 0.200. The molecule has 3 rings (SSSR count). The van der Waals surface area contributed by atoms with Crippen LogP contribution in [0.5, 0.6) is 0 Å². The maximum absolute atomic E-state index is 2.30. The van der Waals surface area contributed by atoms with Crippen molar-refractivity contribution in [3.63, 3.8) is 0 Å². The van der Waals surface area contributed by atoms with Crippen molar-refractivity contribution in [1.29, 1.82) is 0 Å². The molecule has 0 atom stereocenters. The Morgan fingerprint density at radius 3 is 2.44 bits per heavy atom. The first kappa shape index (κ1) is 9.46. The minimum absolute atomic E-state index is 1.08. The van der Waals surface area contributed by atoms with Gasteiger partial charge in [0.05, 0.1) is 0 Å². The van der Waals surface area contributed by atoms with Gasteiger partial charge in [0.1, 0.15) is 0 Å². The number of benzene rings is 2. The van der Waals surface area contributed by atoms with Crippen LogP contribution in [0.25, 0.3) is 11.1 Å².